The SMILES string of the molecule is CCOP(=O)(OCC)C(F)(F)c1cc2cc(C#N)ccc2cc1Br. The van der Waals surface area contributed by atoms with Gasteiger partial charge in [0, 0.05) is 10.0 Å². The zero-order valence-corrected chi connectivity index (χ0v) is 15.5. The number of halogens is 3. The maximum absolute atomic E-state index is 14.9. The Morgan fingerprint density at radius 2 is 1.79 bits per heavy atom. The first-order chi connectivity index (χ1) is 11.3. The third-order valence-corrected chi connectivity index (χ3v) is 6.10. The normalized spacial score (nSPS) is 12.3. The summed E-state index contributed by atoms with van der Waals surface area (Å²) in [6, 6.07) is 9.39. The van der Waals surface area contributed by atoms with E-state index < -0.39 is 18.8 Å². The van der Waals surface area contributed by atoms with Gasteiger partial charge in [0.2, 0.25) is 0 Å². The van der Waals surface area contributed by atoms with Crippen molar-refractivity contribution in [3.05, 3.63) is 45.9 Å². The van der Waals surface area contributed by atoms with Crippen molar-refractivity contribution in [1.82, 2.24) is 0 Å². The Labute approximate surface area is 147 Å². The highest BCUT2D eigenvalue weighted by Crippen LogP contribution is 2.67. The molecular formula is C16H15BrF2NO3P. The van der Waals surface area contributed by atoms with Crippen LogP contribution < -0.4 is 0 Å². The minimum atomic E-state index is -4.70. The molecule has 0 saturated heterocycles. The molecule has 0 aliphatic carbocycles. The number of hydrogen-bond donors (Lipinski definition) is 0. The third-order valence-electron chi connectivity index (χ3n) is 3.32. The van der Waals surface area contributed by atoms with E-state index in [-0.39, 0.29) is 17.7 Å². The largest absolute Gasteiger partial charge is 0.404 e. The van der Waals surface area contributed by atoms with E-state index in [9.17, 15) is 13.3 Å². The molecule has 0 amide bonds. The molecule has 0 heterocycles. The van der Waals surface area contributed by atoms with Crippen molar-refractivity contribution < 1.29 is 22.4 Å². The molecule has 4 nitrogen and oxygen atoms in total. The summed E-state index contributed by atoms with van der Waals surface area (Å²) in [7, 11) is -4.70. The van der Waals surface area contributed by atoms with Crippen LogP contribution in [0.15, 0.2) is 34.8 Å². The lowest BCUT2D eigenvalue weighted by atomic mass is 10.0. The molecule has 2 aromatic rings. The van der Waals surface area contributed by atoms with E-state index in [1.165, 1.54) is 32.0 Å². The van der Waals surface area contributed by atoms with Gasteiger partial charge in [0.05, 0.1) is 24.8 Å². The van der Waals surface area contributed by atoms with Crippen molar-refractivity contribution in [2.45, 2.75) is 19.5 Å². The number of rotatable bonds is 6. The van der Waals surface area contributed by atoms with Crippen LogP contribution in [0.25, 0.3) is 10.8 Å². The van der Waals surface area contributed by atoms with Gasteiger partial charge in [-0.2, -0.15) is 14.0 Å². The van der Waals surface area contributed by atoms with Gasteiger partial charge in [-0.25, -0.2) is 0 Å². The molecule has 2 aromatic carbocycles. The Morgan fingerprint density at radius 3 is 2.33 bits per heavy atom. The van der Waals surface area contributed by atoms with E-state index in [1.807, 2.05) is 6.07 Å². The fourth-order valence-electron chi connectivity index (χ4n) is 2.26. The van der Waals surface area contributed by atoms with E-state index in [0.717, 1.165) is 0 Å². The van der Waals surface area contributed by atoms with Gasteiger partial charge >= 0.3 is 13.3 Å². The predicted octanol–water partition coefficient (Wildman–Crippen LogP) is 5.79. The van der Waals surface area contributed by atoms with Crippen LogP contribution in [0.5, 0.6) is 0 Å². The summed E-state index contributed by atoms with van der Waals surface area (Å²) >= 11 is 3.11. The number of benzene rings is 2. The van der Waals surface area contributed by atoms with E-state index in [1.54, 1.807) is 12.1 Å². The first-order valence-corrected chi connectivity index (χ1v) is 9.53. The lowest BCUT2D eigenvalue weighted by Gasteiger charge is -2.27. The van der Waals surface area contributed by atoms with Gasteiger partial charge in [0.15, 0.2) is 0 Å². The van der Waals surface area contributed by atoms with Crippen LogP contribution in [0.4, 0.5) is 8.78 Å². The van der Waals surface area contributed by atoms with Gasteiger partial charge in [0.1, 0.15) is 0 Å². The van der Waals surface area contributed by atoms with Gasteiger partial charge in [-0.1, -0.05) is 22.0 Å². The number of alkyl halides is 2. The molecule has 8 heteroatoms. The Kier molecular flexibility index (Phi) is 5.77. The zero-order chi connectivity index (χ0) is 18.0. The first-order valence-electron chi connectivity index (χ1n) is 7.20. The van der Waals surface area contributed by atoms with Gasteiger partial charge < -0.3 is 9.05 Å². The fraction of sp³-hybridized carbons (Fsp3) is 0.312. The van der Waals surface area contributed by atoms with Crippen molar-refractivity contribution in [3.63, 3.8) is 0 Å². The molecular weight excluding hydrogens is 403 g/mol. The summed E-state index contributed by atoms with van der Waals surface area (Å²) in [4.78, 5) is 0. The Balaban J connectivity index is 2.66. The first kappa shape index (κ1) is 19.0. The lowest BCUT2D eigenvalue weighted by Crippen LogP contribution is -2.19. The van der Waals surface area contributed by atoms with Gasteiger partial charge in [-0.05, 0) is 48.9 Å². The third kappa shape index (κ3) is 3.38. The number of fused-ring (bicyclic) bond motifs is 1. The molecule has 0 atom stereocenters. The second kappa shape index (κ2) is 7.28. The topological polar surface area (TPSA) is 59.3 Å². The fourth-order valence-corrected chi connectivity index (χ4v) is 4.58. The molecule has 24 heavy (non-hydrogen) atoms. The maximum Gasteiger partial charge on any atom is 0.404 e. The summed E-state index contributed by atoms with van der Waals surface area (Å²) < 4.78 is 52.2. The number of nitriles is 1. The maximum atomic E-state index is 14.9. The van der Waals surface area contributed by atoms with Crippen LogP contribution in [0, 0.1) is 11.3 Å². The standard InChI is InChI=1S/C16H15BrF2NO3P/c1-3-22-24(21,23-4-2)16(18,19)14-8-13-7-11(10-20)5-6-12(13)9-15(14)17/h5-9H,3-4H2,1-2H3. The van der Waals surface area contributed by atoms with Gasteiger partial charge in [0.25, 0.3) is 0 Å². The van der Waals surface area contributed by atoms with E-state index >= 15 is 0 Å². The average Bonchev–Trinajstić information content (AvgIpc) is 2.54. The molecule has 0 saturated carbocycles. The molecule has 0 spiro atoms. The van der Waals surface area contributed by atoms with E-state index in [0.29, 0.717) is 16.3 Å². The summed E-state index contributed by atoms with van der Waals surface area (Å²) in [5.41, 5.74) is -4.00. The second-order valence-corrected chi connectivity index (χ2v) is 7.81. The van der Waals surface area contributed by atoms with Crippen LogP contribution in [0.1, 0.15) is 25.0 Å². The highest BCUT2D eigenvalue weighted by molar-refractivity contribution is 9.10. The lowest BCUT2D eigenvalue weighted by molar-refractivity contribution is 0.0356. The molecule has 0 unspecified atom stereocenters. The molecule has 0 aliphatic rings. The second-order valence-electron chi connectivity index (χ2n) is 4.88. The Hall–Kier alpha value is -1.32. The van der Waals surface area contributed by atoms with Gasteiger partial charge in [-0.15, -0.1) is 0 Å². The van der Waals surface area contributed by atoms with E-state index in [4.69, 9.17) is 14.3 Å². The van der Waals surface area contributed by atoms with Crippen LogP contribution >= 0.6 is 23.5 Å². The summed E-state index contributed by atoms with van der Waals surface area (Å²) in [6.45, 7) is 2.60. The highest BCUT2D eigenvalue weighted by Gasteiger charge is 2.55. The monoisotopic (exact) mass is 417 g/mol. The number of nitrogens with zero attached hydrogens (tertiary/aromatic N) is 1. The molecule has 0 fully saturated rings. The van der Waals surface area contributed by atoms with Crippen molar-refractivity contribution in [2.24, 2.45) is 0 Å². The Morgan fingerprint density at radius 1 is 1.17 bits per heavy atom. The van der Waals surface area contributed by atoms with Gasteiger partial charge in [-0.3, -0.25) is 4.57 Å². The molecule has 0 aliphatic heterocycles. The predicted molar refractivity (Wildman–Crippen MR) is 91.1 cm³/mol. The van der Waals surface area contributed by atoms with E-state index in [2.05, 4.69) is 15.9 Å². The van der Waals surface area contributed by atoms with Crippen LogP contribution in [-0.2, 0) is 19.3 Å². The van der Waals surface area contributed by atoms with Crippen molar-refractivity contribution in [2.75, 3.05) is 13.2 Å². The van der Waals surface area contributed by atoms with Crippen molar-refractivity contribution in [3.8, 4) is 6.07 Å². The zero-order valence-electron chi connectivity index (χ0n) is 13.1. The van der Waals surface area contributed by atoms with Crippen LogP contribution in [0.3, 0.4) is 0 Å². The molecule has 128 valence electrons. The smallest absolute Gasteiger partial charge is 0.304 e. The molecule has 2 rings (SSSR count). The Bertz CT molecular complexity index is 841. The minimum absolute atomic E-state index is 0.0874. The molecule has 0 N–H and O–H groups in total. The average molecular weight is 418 g/mol. The molecule has 0 bridgehead atoms. The highest BCUT2D eigenvalue weighted by atomic mass is 79.9. The summed E-state index contributed by atoms with van der Waals surface area (Å²) in [6.07, 6.45) is 0. The van der Waals surface area contributed by atoms with Crippen LogP contribution in [-0.4, -0.2) is 13.2 Å². The summed E-state index contributed by atoms with van der Waals surface area (Å²) in [5.74, 6) is 0. The quantitative estimate of drug-likeness (QED) is 0.558. The van der Waals surface area contributed by atoms with Crippen molar-refractivity contribution >= 4 is 34.3 Å². The minimum Gasteiger partial charge on any atom is -0.304 e. The molecule has 0 radical (unpaired) electrons. The number of hydrogen-bond acceptors (Lipinski definition) is 4. The summed E-state index contributed by atoms with van der Waals surface area (Å²) in [5, 5.41) is 10.1. The van der Waals surface area contributed by atoms with Crippen molar-refractivity contribution in [1.29, 1.82) is 5.26 Å². The van der Waals surface area contributed by atoms with Crippen LogP contribution in [0.2, 0.25) is 0 Å². The molecule has 0 aromatic heterocycles.